The van der Waals surface area contributed by atoms with Gasteiger partial charge < -0.3 is 40.8 Å². The number of H-pyrrole nitrogens is 1. The predicted octanol–water partition coefficient (Wildman–Crippen LogP) is 4.62. The molecule has 48 heavy (non-hydrogen) atoms. The highest BCUT2D eigenvalue weighted by Crippen LogP contribution is 2.32. The van der Waals surface area contributed by atoms with E-state index in [1.807, 2.05) is 48.7 Å². The fourth-order valence-electron chi connectivity index (χ4n) is 6.49. The van der Waals surface area contributed by atoms with Crippen molar-refractivity contribution in [3.05, 3.63) is 90.4 Å². The van der Waals surface area contributed by atoms with Gasteiger partial charge in [-0.2, -0.15) is 0 Å². The van der Waals surface area contributed by atoms with Gasteiger partial charge in [0.05, 0.1) is 7.11 Å². The molecule has 7 rings (SSSR count). The number of aromatic nitrogens is 3. The Bertz CT molecular complexity index is 1860. The molecule has 2 aromatic heterocycles. The number of carbonyl (C=O) groups excluding carboxylic acids is 1. The maximum Gasteiger partial charge on any atom is 0.264 e. The molecule has 5 N–H and O–H groups in total. The first-order valence-corrected chi connectivity index (χ1v) is 16.4. The van der Waals surface area contributed by atoms with Gasteiger partial charge in [-0.1, -0.05) is 0 Å². The number of nitrogen functional groups attached to an aromatic ring is 1. The van der Waals surface area contributed by atoms with E-state index in [-0.39, 0.29) is 17.4 Å². The quantitative estimate of drug-likeness (QED) is 0.168. The molecule has 2 fully saturated rings. The fourth-order valence-corrected chi connectivity index (χ4v) is 6.49. The largest absolute Gasteiger partial charge is 0.480 e. The molecule has 2 aliphatic rings. The van der Waals surface area contributed by atoms with Crippen LogP contribution in [0.15, 0.2) is 79.3 Å². The summed E-state index contributed by atoms with van der Waals surface area (Å²) in [5, 5.41) is 7.47. The fraction of sp³-hybridized carbons (Fsp3) is 0.306. The number of nitrogens with zero attached hydrogens (tertiary/aromatic N) is 6. The first-order chi connectivity index (χ1) is 23.4. The number of amides is 1. The second kappa shape index (κ2) is 13.8. The number of likely N-dealkylation sites (N-methyl/N-ethyl adjacent to an activating group) is 1. The molecule has 248 valence electrons. The van der Waals surface area contributed by atoms with Gasteiger partial charge in [-0.3, -0.25) is 9.69 Å². The molecule has 3 aromatic carbocycles. The van der Waals surface area contributed by atoms with E-state index in [9.17, 15) is 4.79 Å². The molecule has 2 saturated heterocycles. The van der Waals surface area contributed by atoms with Gasteiger partial charge in [-0.15, -0.1) is 0 Å². The highest BCUT2D eigenvalue weighted by atomic mass is 16.5. The van der Waals surface area contributed by atoms with Gasteiger partial charge in [-0.25, -0.2) is 9.97 Å². The number of hydrogen-bond donors (Lipinski definition) is 4. The Kier molecular flexibility index (Phi) is 8.99. The zero-order chi connectivity index (χ0) is 33.0. The molecule has 0 radical (unpaired) electrons. The van der Waals surface area contributed by atoms with Crippen molar-refractivity contribution in [2.45, 2.75) is 6.54 Å². The Labute approximate surface area is 280 Å². The lowest BCUT2D eigenvalue weighted by molar-refractivity contribution is 0.102. The number of benzene rings is 3. The summed E-state index contributed by atoms with van der Waals surface area (Å²) in [6.45, 7) is 8.59. The third-order valence-corrected chi connectivity index (χ3v) is 9.24. The summed E-state index contributed by atoms with van der Waals surface area (Å²) in [5.74, 6) is 0.201. The second-order valence-corrected chi connectivity index (χ2v) is 12.5. The molecule has 2 aliphatic heterocycles. The number of piperazine rings is 2. The SMILES string of the molecule is COc1ncnc(Nc2cc(CN3CCN(c4ccc(N)cc4)CC3)cc3[nH]ccc23)c1C(=O)Nc1ccc(N2CCN(C)CC2)cc1. The molecule has 0 unspecified atom stereocenters. The number of aromatic amines is 1. The third kappa shape index (κ3) is 6.85. The van der Waals surface area contributed by atoms with E-state index in [4.69, 9.17) is 10.5 Å². The van der Waals surface area contributed by atoms with Gasteiger partial charge >= 0.3 is 0 Å². The Morgan fingerprint density at radius 2 is 1.54 bits per heavy atom. The van der Waals surface area contributed by atoms with E-state index in [2.05, 4.69) is 76.5 Å². The van der Waals surface area contributed by atoms with Crippen molar-refractivity contribution < 1.29 is 9.53 Å². The Morgan fingerprint density at radius 1 is 0.875 bits per heavy atom. The third-order valence-electron chi connectivity index (χ3n) is 9.24. The molecular formula is C36H42N10O2. The van der Waals surface area contributed by atoms with Crippen LogP contribution < -0.4 is 30.9 Å². The molecule has 12 heteroatoms. The minimum absolute atomic E-state index is 0.194. The molecule has 0 bridgehead atoms. The Morgan fingerprint density at radius 3 is 2.23 bits per heavy atom. The van der Waals surface area contributed by atoms with Crippen LogP contribution in [0.4, 0.5) is 34.3 Å². The van der Waals surface area contributed by atoms with Crippen LogP contribution in [-0.2, 0) is 6.54 Å². The number of nitrogens with one attached hydrogen (secondary N) is 3. The smallest absolute Gasteiger partial charge is 0.264 e. The highest BCUT2D eigenvalue weighted by Gasteiger charge is 2.23. The van der Waals surface area contributed by atoms with Crippen molar-refractivity contribution in [3.8, 4) is 5.88 Å². The summed E-state index contributed by atoms with van der Waals surface area (Å²) in [6, 6.07) is 22.4. The van der Waals surface area contributed by atoms with Crippen molar-refractivity contribution in [3.63, 3.8) is 0 Å². The van der Waals surface area contributed by atoms with Crippen LogP contribution in [0.25, 0.3) is 10.9 Å². The zero-order valence-electron chi connectivity index (χ0n) is 27.4. The maximum absolute atomic E-state index is 13.8. The summed E-state index contributed by atoms with van der Waals surface area (Å²) < 4.78 is 5.55. The van der Waals surface area contributed by atoms with Crippen LogP contribution in [0.3, 0.4) is 0 Å². The molecule has 12 nitrogen and oxygen atoms in total. The molecule has 4 heterocycles. The lowest BCUT2D eigenvalue weighted by atomic mass is 10.1. The van der Waals surface area contributed by atoms with Gasteiger partial charge in [0.2, 0.25) is 5.88 Å². The van der Waals surface area contributed by atoms with Crippen LogP contribution in [-0.4, -0.2) is 97.2 Å². The lowest BCUT2D eigenvalue weighted by Crippen LogP contribution is -2.45. The monoisotopic (exact) mass is 646 g/mol. The normalized spacial score (nSPS) is 15.9. The van der Waals surface area contributed by atoms with Gasteiger partial charge in [0, 0.05) is 104 Å². The minimum atomic E-state index is -0.359. The topological polar surface area (TPSA) is 131 Å². The molecule has 0 aliphatic carbocycles. The highest BCUT2D eigenvalue weighted by molar-refractivity contribution is 6.10. The van der Waals surface area contributed by atoms with E-state index in [0.29, 0.717) is 11.5 Å². The molecule has 0 atom stereocenters. The average Bonchev–Trinajstić information content (AvgIpc) is 3.59. The number of ether oxygens (including phenoxy) is 1. The summed E-state index contributed by atoms with van der Waals surface area (Å²) in [4.78, 5) is 35.4. The summed E-state index contributed by atoms with van der Waals surface area (Å²) in [5.41, 5.74) is 12.9. The molecular weight excluding hydrogens is 604 g/mol. The van der Waals surface area contributed by atoms with Crippen molar-refractivity contribution in [1.29, 1.82) is 0 Å². The number of nitrogens with two attached hydrogens (primary N) is 1. The van der Waals surface area contributed by atoms with E-state index in [0.717, 1.165) is 92.4 Å². The van der Waals surface area contributed by atoms with Gasteiger partial charge in [0.1, 0.15) is 11.9 Å². The van der Waals surface area contributed by atoms with Gasteiger partial charge in [-0.05, 0) is 79.3 Å². The van der Waals surface area contributed by atoms with Crippen LogP contribution >= 0.6 is 0 Å². The van der Waals surface area contributed by atoms with Crippen molar-refractivity contribution in [1.82, 2.24) is 24.8 Å². The van der Waals surface area contributed by atoms with E-state index >= 15 is 0 Å². The van der Waals surface area contributed by atoms with Gasteiger partial charge in [0.25, 0.3) is 5.91 Å². The van der Waals surface area contributed by atoms with Crippen LogP contribution in [0.5, 0.6) is 5.88 Å². The number of carbonyl (C=O) groups is 1. The molecule has 0 spiro atoms. The first-order valence-electron chi connectivity index (χ1n) is 16.4. The van der Waals surface area contributed by atoms with Gasteiger partial charge in [0.15, 0.2) is 5.82 Å². The van der Waals surface area contributed by atoms with Crippen LogP contribution in [0, 0.1) is 0 Å². The second-order valence-electron chi connectivity index (χ2n) is 12.5. The molecule has 1 amide bonds. The number of anilines is 6. The Balaban J connectivity index is 1.07. The maximum atomic E-state index is 13.8. The number of methoxy groups -OCH3 is 1. The van der Waals surface area contributed by atoms with E-state index in [1.54, 1.807) is 0 Å². The van der Waals surface area contributed by atoms with E-state index in [1.165, 1.54) is 19.1 Å². The Hall–Kier alpha value is -5.33. The number of rotatable bonds is 9. The van der Waals surface area contributed by atoms with Crippen molar-refractivity contribution >= 4 is 51.1 Å². The number of hydrogen-bond acceptors (Lipinski definition) is 10. The average molecular weight is 647 g/mol. The minimum Gasteiger partial charge on any atom is -0.480 e. The zero-order valence-corrected chi connectivity index (χ0v) is 27.4. The number of fused-ring (bicyclic) bond motifs is 1. The van der Waals surface area contributed by atoms with Crippen LogP contribution in [0.1, 0.15) is 15.9 Å². The molecule has 5 aromatic rings. The first kappa shape index (κ1) is 31.3. The lowest BCUT2D eigenvalue weighted by Gasteiger charge is -2.36. The van der Waals surface area contributed by atoms with Crippen LogP contribution in [0.2, 0.25) is 0 Å². The standard InChI is InChI=1S/C36H42N10O2/c1-43-13-17-45(18-14-43)29-9-5-27(6-10-29)41-35(47)33-34(39-24-40-36(33)48-2)42-32-22-25(21-31-30(32)11-12-38-31)23-44-15-19-46(20-16-44)28-7-3-26(37)4-8-28/h3-12,21-22,24,38H,13-20,23,37H2,1-2H3,(H,41,47)(H,39,40,42). The summed E-state index contributed by atoms with van der Waals surface area (Å²) in [7, 11) is 3.65. The van der Waals surface area contributed by atoms with Crippen molar-refractivity contribution in [2.24, 2.45) is 0 Å². The molecule has 0 saturated carbocycles. The van der Waals surface area contributed by atoms with Crippen molar-refractivity contribution in [2.75, 3.05) is 92.7 Å². The van der Waals surface area contributed by atoms with E-state index < -0.39 is 0 Å². The summed E-state index contributed by atoms with van der Waals surface area (Å²) in [6.07, 6.45) is 3.33. The summed E-state index contributed by atoms with van der Waals surface area (Å²) >= 11 is 0. The predicted molar refractivity (Wildman–Crippen MR) is 193 cm³/mol.